The Balaban J connectivity index is 0.558. The van der Waals surface area contributed by atoms with Crippen molar-refractivity contribution in [2.45, 2.75) is 83.1 Å². The smallest absolute Gasteiger partial charge is 0.116 e. The summed E-state index contributed by atoms with van der Waals surface area (Å²) in [6.45, 7) is 26.1. The second-order valence-corrected chi connectivity index (χ2v) is 40.4. The molecule has 150 heavy (non-hydrogen) atoms. The first-order valence-electron chi connectivity index (χ1n) is 51.7. The summed E-state index contributed by atoms with van der Waals surface area (Å²) in [5.41, 5.74) is 62.7. The lowest BCUT2D eigenvalue weighted by atomic mass is 9.86. The highest BCUT2D eigenvalue weighted by Gasteiger charge is 2.24. The van der Waals surface area contributed by atoms with Crippen LogP contribution in [0, 0.1) is 83.1 Å². The molecule has 23 aromatic rings. The van der Waals surface area contributed by atoms with E-state index < -0.39 is 0 Å². The van der Waals surface area contributed by atoms with E-state index in [0.29, 0.717) is 0 Å². The summed E-state index contributed by atoms with van der Waals surface area (Å²) in [7, 11) is 0. The van der Waals surface area contributed by atoms with Crippen LogP contribution in [-0.2, 0) is 0 Å². The van der Waals surface area contributed by atoms with Gasteiger partial charge in [-0.2, -0.15) is 0 Å². The first-order valence-corrected chi connectivity index (χ1v) is 51.7. The largest absolute Gasteiger partial charge is 0.256 e. The van der Waals surface area contributed by atoms with E-state index in [4.69, 9.17) is 29.9 Å². The number of aryl methyl sites for hydroxylation is 12. The molecule has 0 aliphatic carbocycles. The van der Waals surface area contributed by atoms with Crippen LogP contribution < -0.4 is 0 Å². The molecule has 5 heterocycles. The normalized spacial score (nSPS) is 11.3. The Morgan fingerprint density at radius 2 is 0.247 bits per heavy atom. The van der Waals surface area contributed by atoms with Gasteiger partial charge in [0, 0.05) is 80.4 Å². The number of aromatic nitrogens is 6. The average molecular weight is 1930 g/mol. The number of benzene rings is 18. The molecule has 0 saturated carbocycles. The molecule has 6 nitrogen and oxygen atoms in total. The van der Waals surface area contributed by atoms with Crippen LogP contribution in [0.3, 0.4) is 0 Å². The Morgan fingerprint density at radius 3 is 0.407 bits per heavy atom. The van der Waals surface area contributed by atoms with Crippen molar-refractivity contribution in [3.8, 4) is 246 Å². The van der Waals surface area contributed by atoms with E-state index in [1.54, 1.807) is 6.33 Å². The van der Waals surface area contributed by atoms with E-state index in [1.807, 2.05) is 24.8 Å². The number of pyridine rings is 4. The van der Waals surface area contributed by atoms with Gasteiger partial charge in [0.15, 0.2) is 0 Å². The Labute approximate surface area is 880 Å². The summed E-state index contributed by atoms with van der Waals surface area (Å²) < 4.78 is 0. The Morgan fingerprint density at radius 1 is 0.100 bits per heavy atom. The van der Waals surface area contributed by atoms with Crippen molar-refractivity contribution in [1.29, 1.82) is 0 Å². The molecule has 0 spiro atoms. The minimum Gasteiger partial charge on any atom is -0.256 e. The molecule has 5 aromatic heterocycles. The number of hydrogen-bond donors (Lipinski definition) is 0. The topological polar surface area (TPSA) is 77.3 Å². The standard InChI is InChI=1S/C144H112N6/c1-89-37-41-113(69-93(89)5)135-84-145-139(73-97(135)9)107-57-45-101(46-58-107)123-25-13-19-31-129(123)117-77-118(130-32-20-14-26-124(130)102-47-59-108(60-48-102)140-74-98(10)136(85-146-140)114-42-38-90(2)94(6)70-114)80-121(79-117)133-35-23-17-29-127(133)105-53-65-111(66-54-105)143-83-144(150-88-149-143)112-67-55-106(56-68-112)128-30-18-24-36-134(128)122-81-119(131-33-21-15-27-125(131)103-49-61-109(62-50-103)141-75-99(11)137(86-147-141)115-43-39-91(3)95(7)71-115)78-120(82-122)132-34-22-16-28-126(132)104-51-63-110(64-52-104)142-76-100(12)138(87-148-142)116-44-40-92(4)96(8)72-116/h13-88H,1-12H3. The predicted octanol–water partition coefficient (Wildman–Crippen LogP) is 38.4. The highest BCUT2D eigenvalue weighted by molar-refractivity contribution is 5.99. The maximum Gasteiger partial charge on any atom is 0.116 e. The summed E-state index contributed by atoms with van der Waals surface area (Å²) in [4.78, 5) is 30.2. The maximum atomic E-state index is 5.07. The van der Waals surface area contributed by atoms with E-state index in [9.17, 15) is 0 Å². The fraction of sp³-hybridized carbons (Fsp3) is 0.0833. The molecule has 0 fully saturated rings. The minimum atomic E-state index is 0.828. The van der Waals surface area contributed by atoms with Crippen LogP contribution in [0.25, 0.3) is 246 Å². The van der Waals surface area contributed by atoms with Crippen molar-refractivity contribution in [2.75, 3.05) is 0 Å². The van der Waals surface area contributed by atoms with E-state index in [-0.39, 0.29) is 0 Å². The van der Waals surface area contributed by atoms with E-state index in [2.05, 4.69) is 514 Å². The van der Waals surface area contributed by atoms with Crippen molar-refractivity contribution >= 4 is 0 Å². The minimum absolute atomic E-state index is 0.828. The first kappa shape index (κ1) is 95.2. The zero-order valence-electron chi connectivity index (χ0n) is 86.6. The lowest BCUT2D eigenvalue weighted by molar-refractivity contribution is 1.18. The van der Waals surface area contributed by atoms with Gasteiger partial charge in [-0.25, -0.2) is 9.97 Å². The molecule has 0 aliphatic heterocycles. The van der Waals surface area contributed by atoms with Crippen LogP contribution in [0.15, 0.2) is 462 Å². The van der Waals surface area contributed by atoms with Gasteiger partial charge in [0.05, 0.1) is 34.2 Å². The molecule has 0 aliphatic rings. The molecule has 23 rings (SSSR count). The van der Waals surface area contributed by atoms with E-state index in [1.165, 1.54) is 89.0 Å². The highest BCUT2D eigenvalue weighted by Crippen LogP contribution is 2.49. The monoisotopic (exact) mass is 1920 g/mol. The van der Waals surface area contributed by atoms with Gasteiger partial charge >= 0.3 is 0 Å². The quantitative estimate of drug-likeness (QED) is 0.0673. The van der Waals surface area contributed by atoms with Crippen molar-refractivity contribution in [3.63, 3.8) is 0 Å². The van der Waals surface area contributed by atoms with Crippen molar-refractivity contribution in [3.05, 3.63) is 529 Å². The van der Waals surface area contributed by atoms with Crippen LogP contribution >= 0.6 is 0 Å². The van der Waals surface area contributed by atoms with Gasteiger partial charge in [-0.05, 0) is 372 Å². The third-order valence-corrected chi connectivity index (χ3v) is 30.6. The van der Waals surface area contributed by atoms with Crippen LogP contribution in [0.1, 0.15) is 66.8 Å². The Hall–Kier alpha value is -18.4. The zero-order chi connectivity index (χ0) is 102. The van der Waals surface area contributed by atoms with Crippen LogP contribution in [0.4, 0.5) is 0 Å². The van der Waals surface area contributed by atoms with Crippen molar-refractivity contribution in [2.24, 2.45) is 0 Å². The van der Waals surface area contributed by atoms with Gasteiger partial charge in [0.2, 0.25) is 0 Å². The van der Waals surface area contributed by atoms with Crippen molar-refractivity contribution < 1.29 is 0 Å². The number of hydrogen-bond acceptors (Lipinski definition) is 6. The van der Waals surface area contributed by atoms with E-state index in [0.717, 1.165) is 223 Å². The molecule has 0 atom stereocenters. The van der Waals surface area contributed by atoms with Gasteiger partial charge in [0.1, 0.15) is 6.33 Å². The summed E-state index contributed by atoms with van der Waals surface area (Å²) >= 11 is 0. The molecule has 0 bridgehead atoms. The zero-order valence-corrected chi connectivity index (χ0v) is 86.6. The number of rotatable bonds is 22. The van der Waals surface area contributed by atoms with Gasteiger partial charge in [-0.15, -0.1) is 0 Å². The summed E-state index contributed by atoms with van der Waals surface area (Å²) in [6, 6.07) is 159. The molecular weight excluding hydrogens is 1810 g/mol. The highest BCUT2D eigenvalue weighted by atomic mass is 14.8. The third kappa shape index (κ3) is 19.3. The van der Waals surface area contributed by atoms with Gasteiger partial charge < -0.3 is 0 Å². The predicted molar refractivity (Wildman–Crippen MR) is 630 cm³/mol. The lowest BCUT2D eigenvalue weighted by Gasteiger charge is -2.18. The maximum absolute atomic E-state index is 5.07. The second-order valence-electron chi connectivity index (χ2n) is 40.4. The van der Waals surface area contributed by atoms with Gasteiger partial charge in [-0.3, -0.25) is 19.9 Å². The molecule has 718 valence electrons. The molecule has 0 saturated heterocycles. The third-order valence-electron chi connectivity index (χ3n) is 30.6. The Bertz CT molecular complexity index is 8200. The van der Waals surface area contributed by atoms with Crippen LogP contribution in [-0.4, -0.2) is 29.9 Å². The Kier molecular flexibility index (Phi) is 26.0. The molecular formula is C144H112N6. The average Bonchev–Trinajstić information content (AvgIpc) is 0.765. The number of nitrogens with zero attached hydrogens (tertiary/aromatic N) is 6. The van der Waals surface area contributed by atoms with Crippen LogP contribution in [0.5, 0.6) is 0 Å². The van der Waals surface area contributed by atoms with Gasteiger partial charge in [-0.1, -0.05) is 364 Å². The summed E-state index contributed by atoms with van der Waals surface area (Å²) in [5.74, 6) is 0. The fourth-order valence-electron chi connectivity index (χ4n) is 21.4. The van der Waals surface area contributed by atoms with Crippen molar-refractivity contribution in [1.82, 2.24) is 29.9 Å². The molecule has 0 radical (unpaired) electrons. The SMILES string of the molecule is Cc1ccc(-c2cnc(-c3ccc(-c4ccccc4-c4cc(-c5ccccc5-c5ccc(-c6cc(-c7ccc(-c8ccccc8-c8cc(-c9ccccc9-c9ccc(-c%10cc(C)c(-c%11ccc(C)c(C)c%11)cn%10)cc9)cc(-c9ccccc9-c9ccc(-c%10cc(C)c(-c%11ccc(C)c(C)c%11)cn%10)cc9)c8)cc7)ncn6)cc5)cc(-c5ccccc5-c5ccc(-c6cc(C)c(-c7ccc(C)c(C)c7)cn6)cc5)c4)cc3)cc2C)cc1C. The fourth-order valence-corrected chi connectivity index (χ4v) is 21.4. The molecule has 0 amide bonds. The lowest BCUT2D eigenvalue weighted by Crippen LogP contribution is -1.93. The van der Waals surface area contributed by atoms with Gasteiger partial charge in [0.25, 0.3) is 0 Å². The van der Waals surface area contributed by atoms with E-state index >= 15 is 0 Å². The molecule has 0 unspecified atom stereocenters. The molecule has 0 N–H and O–H groups in total. The summed E-state index contributed by atoms with van der Waals surface area (Å²) in [5, 5.41) is 0. The van der Waals surface area contributed by atoms with Crippen LogP contribution in [0.2, 0.25) is 0 Å². The molecule has 6 heteroatoms. The first-order chi connectivity index (χ1) is 73.2. The second kappa shape index (κ2) is 40.9. The summed E-state index contributed by atoms with van der Waals surface area (Å²) in [6.07, 6.45) is 9.81. The molecule has 18 aromatic carbocycles.